The van der Waals surface area contributed by atoms with E-state index in [1.165, 1.54) is 23.7 Å². The van der Waals surface area contributed by atoms with Gasteiger partial charge in [0.25, 0.3) is 5.91 Å². The van der Waals surface area contributed by atoms with Crippen LogP contribution in [0.1, 0.15) is 18.6 Å². The van der Waals surface area contributed by atoms with Crippen molar-refractivity contribution in [2.75, 3.05) is 11.6 Å². The van der Waals surface area contributed by atoms with Crippen LogP contribution in [0.2, 0.25) is 0 Å². The highest BCUT2D eigenvalue weighted by Gasteiger charge is 2.22. The zero-order valence-corrected chi connectivity index (χ0v) is 16.3. The largest absolute Gasteiger partial charge is 0.508 e. The number of hydrogen-bond acceptors (Lipinski definition) is 6. The third kappa shape index (κ3) is 6.33. The van der Waals surface area contributed by atoms with Gasteiger partial charge in [-0.1, -0.05) is 25.1 Å². The molecule has 0 fully saturated rings. The summed E-state index contributed by atoms with van der Waals surface area (Å²) in [5.41, 5.74) is 2.75. The van der Waals surface area contributed by atoms with Gasteiger partial charge in [-0.15, -0.1) is 11.8 Å². The maximum absolute atomic E-state index is 12.4. The maximum Gasteiger partial charge on any atom is 0.412 e. The molecule has 2 atom stereocenters. The van der Waals surface area contributed by atoms with Crippen LogP contribution in [0.4, 0.5) is 10.5 Å². The predicted molar refractivity (Wildman–Crippen MR) is 107 cm³/mol. The molecule has 2 aromatic rings. The van der Waals surface area contributed by atoms with Crippen molar-refractivity contribution in [2.45, 2.75) is 17.9 Å². The molecule has 4 N–H and O–H groups in total. The first-order chi connectivity index (χ1) is 13.4. The Bertz CT molecular complexity index is 821. The van der Waals surface area contributed by atoms with Crippen LogP contribution in [0, 0.1) is 5.92 Å². The number of hydroxylamine groups is 1. The van der Waals surface area contributed by atoms with Crippen molar-refractivity contribution in [1.29, 1.82) is 0 Å². The van der Waals surface area contributed by atoms with Gasteiger partial charge in [0.1, 0.15) is 11.9 Å². The average molecular weight is 402 g/mol. The van der Waals surface area contributed by atoms with Gasteiger partial charge in [0.2, 0.25) is 0 Å². The summed E-state index contributed by atoms with van der Waals surface area (Å²) in [6.07, 6.45) is 3.27. The molecule has 28 heavy (non-hydrogen) atoms. The zero-order chi connectivity index (χ0) is 20.5. The molecule has 0 heterocycles. The Balaban J connectivity index is 2.15. The second-order valence-electron chi connectivity index (χ2n) is 5.97. The Morgan fingerprint density at radius 1 is 1.11 bits per heavy atom. The summed E-state index contributed by atoms with van der Waals surface area (Å²) in [6.45, 7) is 1.76. The van der Waals surface area contributed by atoms with Crippen LogP contribution < -0.4 is 10.8 Å². The topological polar surface area (TPSA) is 108 Å². The highest BCUT2D eigenvalue weighted by atomic mass is 32.2. The molecule has 0 aromatic heterocycles. The van der Waals surface area contributed by atoms with E-state index in [1.54, 1.807) is 43.0 Å². The quantitative estimate of drug-likeness (QED) is 0.240. The van der Waals surface area contributed by atoms with E-state index in [4.69, 9.17) is 9.94 Å². The van der Waals surface area contributed by atoms with E-state index in [0.717, 1.165) is 11.0 Å². The number of anilines is 1. The third-order valence-corrected chi connectivity index (χ3v) is 4.67. The number of nitrogens with one attached hydrogen (secondary N) is 2. The number of rotatable bonds is 7. The van der Waals surface area contributed by atoms with Crippen molar-refractivity contribution >= 4 is 29.4 Å². The lowest BCUT2D eigenvalue weighted by atomic mass is 9.96. The molecule has 0 radical (unpaired) electrons. The Labute approximate surface area is 167 Å². The van der Waals surface area contributed by atoms with Gasteiger partial charge in [-0.05, 0) is 48.2 Å². The lowest BCUT2D eigenvalue weighted by Gasteiger charge is -2.23. The standard InChI is InChI=1S/C20H22N2O5S/c1-13(3-12-18(24)22-26)19(14-4-8-16(23)9-5-14)27-20(25)21-15-6-10-17(28-2)11-7-15/h3-13,19,23,26H,1-2H3,(H,21,25)(H,22,24)/b12-3+/t13-,19-/m1/s1. The van der Waals surface area contributed by atoms with E-state index in [9.17, 15) is 14.7 Å². The van der Waals surface area contributed by atoms with Crippen LogP contribution in [0.25, 0.3) is 0 Å². The maximum atomic E-state index is 12.4. The summed E-state index contributed by atoms with van der Waals surface area (Å²) in [5, 5.41) is 20.8. The average Bonchev–Trinajstić information content (AvgIpc) is 2.71. The fourth-order valence-corrected chi connectivity index (χ4v) is 2.87. The Morgan fingerprint density at radius 2 is 1.75 bits per heavy atom. The van der Waals surface area contributed by atoms with Crippen molar-refractivity contribution < 1.29 is 24.6 Å². The van der Waals surface area contributed by atoms with Gasteiger partial charge in [-0.2, -0.15) is 0 Å². The van der Waals surface area contributed by atoms with Crippen molar-refractivity contribution in [3.63, 3.8) is 0 Å². The number of ether oxygens (including phenoxy) is 1. The number of carbonyl (C=O) groups is 2. The number of phenolic OH excluding ortho intramolecular Hbond substituents is 1. The molecular formula is C20H22N2O5S. The van der Waals surface area contributed by atoms with E-state index in [0.29, 0.717) is 11.3 Å². The number of thioether (sulfide) groups is 1. The van der Waals surface area contributed by atoms with E-state index in [2.05, 4.69) is 5.32 Å². The Hall–Kier alpha value is -2.97. The Kier molecular flexibility index (Phi) is 7.91. The normalized spacial score (nSPS) is 13.0. The van der Waals surface area contributed by atoms with Gasteiger partial charge < -0.3 is 9.84 Å². The lowest BCUT2D eigenvalue weighted by molar-refractivity contribution is -0.124. The minimum absolute atomic E-state index is 0.0867. The molecular weight excluding hydrogens is 380 g/mol. The molecule has 2 amide bonds. The van der Waals surface area contributed by atoms with Crippen molar-refractivity contribution in [2.24, 2.45) is 5.92 Å². The monoisotopic (exact) mass is 402 g/mol. The van der Waals surface area contributed by atoms with Crippen LogP contribution in [-0.4, -0.2) is 28.6 Å². The predicted octanol–water partition coefficient (Wildman–Crippen LogP) is 4.10. The van der Waals surface area contributed by atoms with Crippen molar-refractivity contribution in [3.8, 4) is 5.75 Å². The minimum atomic E-state index is -0.714. The number of phenols is 1. The first kappa shape index (κ1) is 21.3. The molecule has 8 heteroatoms. The smallest absolute Gasteiger partial charge is 0.412 e. The summed E-state index contributed by atoms with van der Waals surface area (Å²) >= 11 is 1.60. The first-order valence-electron chi connectivity index (χ1n) is 8.46. The molecule has 148 valence electrons. The fraction of sp³-hybridized carbons (Fsp3) is 0.200. The van der Waals surface area contributed by atoms with Crippen LogP contribution in [-0.2, 0) is 9.53 Å². The number of hydrogen-bond donors (Lipinski definition) is 4. The summed E-state index contributed by atoms with van der Waals surface area (Å²) in [7, 11) is 0. The first-order valence-corrected chi connectivity index (χ1v) is 9.68. The van der Waals surface area contributed by atoms with Gasteiger partial charge in [0.05, 0.1) is 0 Å². The summed E-state index contributed by atoms with van der Waals surface area (Å²) < 4.78 is 5.58. The number of amides is 2. The second-order valence-corrected chi connectivity index (χ2v) is 6.84. The highest BCUT2D eigenvalue weighted by molar-refractivity contribution is 7.98. The molecule has 0 aliphatic rings. The molecule has 0 saturated heterocycles. The second kappa shape index (κ2) is 10.4. The van der Waals surface area contributed by atoms with Gasteiger partial charge in [0, 0.05) is 22.6 Å². The molecule has 0 aliphatic heterocycles. The zero-order valence-electron chi connectivity index (χ0n) is 15.5. The van der Waals surface area contributed by atoms with Crippen LogP contribution in [0.15, 0.2) is 65.6 Å². The van der Waals surface area contributed by atoms with Gasteiger partial charge >= 0.3 is 6.09 Å². The molecule has 0 bridgehead atoms. The number of benzene rings is 2. The highest BCUT2D eigenvalue weighted by Crippen LogP contribution is 2.29. The summed E-state index contributed by atoms with van der Waals surface area (Å²) in [4.78, 5) is 24.7. The molecule has 2 rings (SSSR count). The lowest BCUT2D eigenvalue weighted by Crippen LogP contribution is -2.22. The van der Waals surface area contributed by atoms with E-state index >= 15 is 0 Å². The van der Waals surface area contributed by atoms with Gasteiger partial charge in [-0.25, -0.2) is 10.3 Å². The summed E-state index contributed by atoms with van der Waals surface area (Å²) in [5.74, 6) is -0.982. The van der Waals surface area contributed by atoms with Gasteiger partial charge in [0.15, 0.2) is 0 Å². The molecule has 0 saturated carbocycles. The molecule has 0 unspecified atom stereocenters. The fourth-order valence-electron chi connectivity index (χ4n) is 2.46. The SMILES string of the molecule is CSc1ccc(NC(=O)O[C@@H](c2ccc(O)cc2)[C@H](C)/C=C/C(=O)NO)cc1. The minimum Gasteiger partial charge on any atom is -0.508 e. The van der Waals surface area contributed by atoms with E-state index in [-0.39, 0.29) is 11.7 Å². The molecule has 0 aliphatic carbocycles. The van der Waals surface area contributed by atoms with Gasteiger partial charge in [-0.3, -0.25) is 15.3 Å². The molecule has 0 spiro atoms. The third-order valence-electron chi connectivity index (χ3n) is 3.93. The number of aromatic hydroxyl groups is 1. The van der Waals surface area contributed by atoms with Crippen LogP contribution >= 0.6 is 11.8 Å². The van der Waals surface area contributed by atoms with E-state index in [1.807, 2.05) is 18.4 Å². The summed E-state index contributed by atoms with van der Waals surface area (Å²) in [6, 6.07) is 13.6. The van der Waals surface area contributed by atoms with Crippen molar-refractivity contribution in [1.82, 2.24) is 5.48 Å². The molecule has 7 nitrogen and oxygen atoms in total. The number of carbonyl (C=O) groups excluding carboxylic acids is 2. The van der Waals surface area contributed by atoms with E-state index < -0.39 is 18.1 Å². The van der Waals surface area contributed by atoms with Crippen LogP contribution in [0.5, 0.6) is 5.75 Å². The molecule has 2 aromatic carbocycles. The van der Waals surface area contributed by atoms with Crippen LogP contribution in [0.3, 0.4) is 0 Å². The Morgan fingerprint density at radius 3 is 2.32 bits per heavy atom. The van der Waals surface area contributed by atoms with Crippen molar-refractivity contribution in [3.05, 3.63) is 66.2 Å².